The first-order chi connectivity index (χ1) is 14.1. The minimum Gasteiger partial charge on any atom is -0.459 e. The van der Waals surface area contributed by atoms with Crippen molar-refractivity contribution in [1.29, 1.82) is 0 Å². The number of pyridine rings is 1. The van der Waals surface area contributed by atoms with Crippen molar-refractivity contribution >= 4 is 23.3 Å². The first-order valence-electron chi connectivity index (χ1n) is 9.21. The Balaban J connectivity index is 1.34. The van der Waals surface area contributed by atoms with Crippen molar-refractivity contribution in [2.45, 2.75) is 0 Å². The maximum Gasteiger partial charge on any atom is 0.289 e. The molecular formula is C21H19FN4O3. The van der Waals surface area contributed by atoms with Gasteiger partial charge in [-0.1, -0.05) is 0 Å². The number of hydrogen-bond acceptors (Lipinski definition) is 5. The second-order valence-corrected chi connectivity index (χ2v) is 6.63. The Bertz CT molecular complexity index is 980. The molecule has 0 unspecified atom stereocenters. The van der Waals surface area contributed by atoms with Gasteiger partial charge in [0, 0.05) is 38.1 Å². The van der Waals surface area contributed by atoms with Crippen molar-refractivity contribution in [3.63, 3.8) is 0 Å². The number of nitrogens with one attached hydrogen (secondary N) is 1. The maximum absolute atomic E-state index is 13.0. The molecule has 0 atom stereocenters. The molecule has 0 radical (unpaired) electrons. The van der Waals surface area contributed by atoms with Gasteiger partial charge in [0.2, 0.25) is 0 Å². The molecule has 2 aromatic heterocycles. The fourth-order valence-electron chi connectivity index (χ4n) is 3.13. The molecule has 3 aromatic rings. The summed E-state index contributed by atoms with van der Waals surface area (Å²) < 4.78 is 18.1. The van der Waals surface area contributed by atoms with Crippen LogP contribution in [0.3, 0.4) is 0 Å². The molecule has 0 bridgehead atoms. The van der Waals surface area contributed by atoms with Gasteiger partial charge in [-0.3, -0.25) is 9.59 Å². The molecule has 148 valence electrons. The van der Waals surface area contributed by atoms with E-state index < -0.39 is 0 Å². The van der Waals surface area contributed by atoms with Crippen LogP contribution in [0.5, 0.6) is 0 Å². The van der Waals surface area contributed by atoms with Crippen LogP contribution in [0, 0.1) is 5.82 Å². The summed E-state index contributed by atoms with van der Waals surface area (Å²) in [6, 6.07) is 12.6. The van der Waals surface area contributed by atoms with Crippen LogP contribution in [0.4, 0.5) is 15.9 Å². The Morgan fingerprint density at radius 1 is 0.931 bits per heavy atom. The monoisotopic (exact) mass is 394 g/mol. The third-order valence-corrected chi connectivity index (χ3v) is 4.71. The van der Waals surface area contributed by atoms with E-state index in [1.807, 2.05) is 0 Å². The standard InChI is InChI=1S/C21H19FN4O3/c22-16-4-6-17(7-5-16)24-19-8-3-15(14-23-19)20(27)25-9-11-26(12-10-25)21(28)18-2-1-13-29-18/h1-8,13-14H,9-12H2,(H,23,24). The lowest BCUT2D eigenvalue weighted by molar-refractivity contribution is 0.0518. The third kappa shape index (κ3) is 4.26. The summed E-state index contributed by atoms with van der Waals surface area (Å²) in [5.74, 6) is 0.256. The van der Waals surface area contributed by atoms with Gasteiger partial charge in [0.1, 0.15) is 11.6 Å². The molecule has 4 rings (SSSR count). The zero-order valence-electron chi connectivity index (χ0n) is 15.5. The number of amides is 2. The van der Waals surface area contributed by atoms with Gasteiger partial charge in [-0.05, 0) is 48.5 Å². The van der Waals surface area contributed by atoms with E-state index in [0.29, 0.717) is 49.0 Å². The first-order valence-corrected chi connectivity index (χ1v) is 9.21. The van der Waals surface area contributed by atoms with Crippen LogP contribution in [0.25, 0.3) is 0 Å². The highest BCUT2D eigenvalue weighted by Gasteiger charge is 2.26. The second-order valence-electron chi connectivity index (χ2n) is 6.63. The summed E-state index contributed by atoms with van der Waals surface area (Å²) in [7, 11) is 0. The fraction of sp³-hybridized carbons (Fsp3) is 0.190. The highest BCUT2D eigenvalue weighted by molar-refractivity contribution is 5.95. The number of benzene rings is 1. The predicted molar refractivity (Wildman–Crippen MR) is 104 cm³/mol. The molecule has 1 fully saturated rings. The quantitative estimate of drug-likeness (QED) is 0.735. The summed E-state index contributed by atoms with van der Waals surface area (Å²) in [4.78, 5) is 32.7. The molecule has 1 saturated heterocycles. The van der Waals surface area contributed by atoms with Crippen molar-refractivity contribution in [2.24, 2.45) is 0 Å². The van der Waals surface area contributed by atoms with Crippen molar-refractivity contribution < 1.29 is 18.4 Å². The van der Waals surface area contributed by atoms with Crippen LogP contribution >= 0.6 is 0 Å². The lowest BCUT2D eigenvalue weighted by Crippen LogP contribution is -2.50. The van der Waals surface area contributed by atoms with Crippen LogP contribution in [0.15, 0.2) is 65.4 Å². The summed E-state index contributed by atoms with van der Waals surface area (Å²) >= 11 is 0. The average Bonchev–Trinajstić information content (AvgIpc) is 3.30. The van der Waals surface area contributed by atoms with Crippen LogP contribution in [-0.2, 0) is 0 Å². The lowest BCUT2D eigenvalue weighted by atomic mass is 10.2. The van der Waals surface area contributed by atoms with Gasteiger partial charge in [-0.25, -0.2) is 9.37 Å². The van der Waals surface area contributed by atoms with Crippen molar-refractivity contribution in [3.05, 3.63) is 78.1 Å². The predicted octanol–water partition coefficient (Wildman–Crippen LogP) is 3.16. The number of carbonyl (C=O) groups is 2. The van der Waals surface area contributed by atoms with E-state index in [-0.39, 0.29) is 17.6 Å². The van der Waals surface area contributed by atoms with Crippen LogP contribution < -0.4 is 5.32 Å². The van der Waals surface area contributed by atoms with Gasteiger partial charge in [0.05, 0.1) is 11.8 Å². The molecule has 7 nitrogen and oxygen atoms in total. The summed E-state index contributed by atoms with van der Waals surface area (Å²) in [6.45, 7) is 1.79. The molecule has 1 aromatic carbocycles. The Hall–Kier alpha value is -3.68. The molecular weight excluding hydrogens is 375 g/mol. The van der Waals surface area contributed by atoms with Crippen molar-refractivity contribution in [3.8, 4) is 0 Å². The van der Waals surface area contributed by atoms with Gasteiger partial charge >= 0.3 is 0 Å². The number of hydrogen-bond donors (Lipinski definition) is 1. The Morgan fingerprint density at radius 3 is 2.21 bits per heavy atom. The van der Waals surface area contributed by atoms with E-state index in [2.05, 4.69) is 10.3 Å². The van der Waals surface area contributed by atoms with Gasteiger partial charge in [0.15, 0.2) is 5.76 Å². The van der Waals surface area contributed by atoms with Gasteiger partial charge in [-0.15, -0.1) is 0 Å². The Labute approximate surface area is 166 Å². The average molecular weight is 394 g/mol. The number of nitrogens with zero attached hydrogens (tertiary/aromatic N) is 3. The summed E-state index contributed by atoms with van der Waals surface area (Å²) in [6.07, 6.45) is 2.98. The Morgan fingerprint density at radius 2 is 1.62 bits per heavy atom. The second kappa shape index (κ2) is 8.14. The number of aromatic nitrogens is 1. The molecule has 8 heteroatoms. The van der Waals surface area contributed by atoms with E-state index >= 15 is 0 Å². The van der Waals surface area contributed by atoms with E-state index in [4.69, 9.17) is 4.42 Å². The number of rotatable bonds is 4. The molecule has 29 heavy (non-hydrogen) atoms. The number of furan rings is 1. The first kappa shape index (κ1) is 18.7. The molecule has 0 saturated carbocycles. The molecule has 2 amide bonds. The van der Waals surface area contributed by atoms with Crippen molar-refractivity contribution in [2.75, 3.05) is 31.5 Å². The molecule has 1 N–H and O–H groups in total. The topological polar surface area (TPSA) is 78.7 Å². The molecule has 1 aliphatic heterocycles. The van der Waals surface area contributed by atoms with Gasteiger partial charge in [0.25, 0.3) is 11.8 Å². The van der Waals surface area contributed by atoms with E-state index in [1.54, 1.807) is 46.2 Å². The SMILES string of the molecule is O=C(c1ccc(Nc2ccc(F)cc2)nc1)N1CCN(C(=O)c2ccco2)CC1. The number of carbonyl (C=O) groups excluding carboxylic acids is 2. The number of piperazine rings is 1. The van der Waals surface area contributed by atoms with Gasteiger partial charge in [-0.2, -0.15) is 0 Å². The smallest absolute Gasteiger partial charge is 0.289 e. The van der Waals surface area contributed by atoms with E-state index in [0.717, 1.165) is 0 Å². The Kier molecular flexibility index (Phi) is 5.24. The van der Waals surface area contributed by atoms with Crippen molar-refractivity contribution in [1.82, 2.24) is 14.8 Å². The third-order valence-electron chi connectivity index (χ3n) is 4.71. The lowest BCUT2D eigenvalue weighted by Gasteiger charge is -2.34. The molecule has 1 aliphatic rings. The maximum atomic E-state index is 13.0. The molecule has 3 heterocycles. The highest BCUT2D eigenvalue weighted by atomic mass is 19.1. The fourth-order valence-corrected chi connectivity index (χ4v) is 3.13. The molecule has 0 spiro atoms. The number of halogens is 1. The van der Waals surface area contributed by atoms with Crippen LogP contribution in [0.1, 0.15) is 20.9 Å². The van der Waals surface area contributed by atoms with Crippen LogP contribution in [0.2, 0.25) is 0 Å². The van der Waals surface area contributed by atoms with Crippen LogP contribution in [-0.4, -0.2) is 52.8 Å². The zero-order valence-corrected chi connectivity index (χ0v) is 15.5. The normalized spacial score (nSPS) is 14.0. The number of anilines is 2. The van der Waals surface area contributed by atoms with E-state index in [1.165, 1.54) is 24.6 Å². The minimum absolute atomic E-state index is 0.129. The summed E-state index contributed by atoms with van der Waals surface area (Å²) in [5.41, 5.74) is 1.18. The summed E-state index contributed by atoms with van der Waals surface area (Å²) in [5, 5.41) is 3.05. The largest absolute Gasteiger partial charge is 0.459 e. The minimum atomic E-state index is -0.310. The molecule has 0 aliphatic carbocycles. The van der Waals surface area contributed by atoms with Gasteiger partial charge < -0.3 is 19.5 Å². The zero-order chi connectivity index (χ0) is 20.2. The highest BCUT2D eigenvalue weighted by Crippen LogP contribution is 2.17. The van der Waals surface area contributed by atoms with E-state index in [9.17, 15) is 14.0 Å².